The highest BCUT2D eigenvalue weighted by molar-refractivity contribution is 5.85. The Morgan fingerprint density at radius 2 is 2.00 bits per heavy atom. The molecule has 0 bridgehead atoms. The first kappa shape index (κ1) is 16.3. The van der Waals surface area contributed by atoms with E-state index in [1.807, 2.05) is 0 Å². The van der Waals surface area contributed by atoms with Crippen molar-refractivity contribution in [3.8, 4) is 5.75 Å². The van der Waals surface area contributed by atoms with Gasteiger partial charge in [-0.3, -0.25) is 0 Å². The number of hydrogen-bond acceptors (Lipinski definition) is 4. The second-order valence-corrected chi connectivity index (χ2v) is 6.31. The van der Waals surface area contributed by atoms with Crippen molar-refractivity contribution in [3.63, 3.8) is 0 Å². The van der Waals surface area contributed by atoms with Crippen molar-refractivity contribution >= 4 is 11.3 Å². The molecule has 3 heterocycles. The van der Waals surface area contributed by atoms with Crippen LogP contribution in [0, 0.1) is 0 Å². The number of ether oxygens (including phenoxy) is 2. The van der Waals surface area contributed by atoms with E-state index in [0.717, 1.165) is 64.5 Å². The van der Waals surface area contributed by atoms with Crippen LogP contribution in [0.25, 0.3) is 5.57 Å². The van der Waals surface area contributed by atoms with Crippen molar-refractivity contribution in [3.05, 3.63) is 28.8 Å². The van der Waals surface area contributed by atoms with Gasteiger partial charge in [-0.1, -0.05) is 13.5 Å². The number of nitrogens with one attached hydrogen (secondary N) is 1. The Morgan fingerprint density at radius 3 is 2.83 bits per heavy atom. The van der Waals surface area contributed by atoms with Crippen LogP contribution in [0.5, 0.6) is 5.75 Å². The van der Waals surface area contributed by atoms with Gasteiger partial charge < -0.3 is 19.7 Å². The number of likely N-dealkylation sites (N-methyl/N-ethyl adjacent to an activating group) is 1. The van der Waals surface area contributed by atoms with Gasteiger partial charge >= 0.3 is 0 Å². The molecule has 0 spiro atoms. The summed E-state index contributed by atoms with van der Waals surface area (Å²) < 4.78 is 11.5. The molecule has 0 fully saturated rings. The summed E-state index contributed by atoms with van der Waals surface area (Å²) in [5.41, 5.74) is 7.15. The third-order valence-electron chi connectivity index (χ3n) is 4.94. The molecule has 3 aliphatic rings. The highest BCUT2D eigenvalue weighted by Gasteiger charge is 2.27. The van der Waals surface area contributed by atoms with Crippen molar-refractivity contribution in [1.82, 2.24) is 5.32 Å². The Bertz CT molecular complexity index is 610. The van der Waals surface area contributed by atoms with Crippen molar-refractivity contribution in [2.45, 2.75) is 26.7 Å². The highest BCUT2D eigenvalue weighted by atomic mass is 16.5. The van der Waals surface area contributed by atoms with Crippen LogP contribution in [-0.4, -0.2) is 46.5 Å². The predicted molar refractivity (Wildman–Crippen MR) is 95.6 cm³/mol. The summed E-state index contributed by atoms with van der Waals surface area (Å²) >= 11 is 0. The van der Waals surface area contributed by atoms with Gasteiger partial charge in [0.1, 0.15) is 12.4 Å². The van der Waals surface area contributed by atoms with Gasteiger partial charge in [0.15, 0.2) is 0 Å². The first-order valence-corrected chi connectivity index (χ1v) is 8.35. The number of benzene rings is 1. The van der Waals surface area contributed by atoms with E-state index in [1.54, 1.807) is 0 Å². The van der Waals surface area contributed by atoms with Crippen LogP contribution >= 0.6 is 0 Å². The van der Waals surface area contributed by atoms with E-state index in [0.29, 0.717) is 0 Å². The minimum absolute atomic E-state index is 0. The molecule has 1 aromatic carbocycles. The average molecular weight is 316 g/mol. The summed E-state index contributed by atoms with van der Waals surface area (Å²) in [5, 5.41) is 3.53. The van der Waals surface area contributed by atoms with Gasteiger partial charge in [-0.05, 0) is 55.1 Å². The van der Waals surface area contributed by atoms with Crippen LogP contribution in [0.2, 0.25) is 0 Å². The largest absolute Gasteiger partial charge is 0.490 e. The maximum Gasteiger partial charge on any atom is 0.143 e. The van der Waals surface area contributed by atoms with Crippen LogP contribution in [-0.2, 0) is 17.6 Å². The zero-order valence-corrected chi connectivity index (χ0v) is 13.3. The SMILES string of the molecule is C.CN1CCOc2cc3c(c(C4=CCOCC4)c21)CCNCC3. The number of rotatable bonds is 1. The molecular formula is C19H28N2O2. The quantitative estimate of drug-likeness (QED) is 0.863. The molecule has 4 heteroatoms. The lowest BCUT2D eigenvalue weighted by molar-refractivity contribution is 0.161. The molecule has 23 heavy (non-hydrogen) atoms. The summed E-state index contributed by atoms with van der Waals surface area (Å²) in [4.78, 5) is 2.36. The maximum absolute atomic E-state index is 6.01. The first-order chi connectivity index (χ1) is 10.8. The fraction of sp³-hybridized carbons (Fsp3) is 0.579. The molecular weight excluding hydrogens is 288 g/mol. The molecule has 1 aromatic rings. The van der Waals surface area contributed by atoms with E-state index in [9.17, 15) is 0 Å². The Kier molecular flexibility index (Phi) is 4.93. The third-order valence-corrected chi connectivity index (χ3v) is 4.94. The van der Waals surface area contributed by atoms with Crippen molar-refractivity contribution in [2.75, 3.05) is 51.4 Å². The lowest BCUT2D eigenvalue weighted by atomic mass is 9.87. The molecule has 126 valence electrons. The molecule has 4 nitrogen and oxygen atoms in total. The van der Waals surface area contributed by atoms with Crippen LogP contribution in [0.3, 0.4) is 0 Å². The summed E-state index contributed by atoms with van der Waals surface area (Å²) in [6, 6.07) is 2.29. The summed E-state index contributed by atoms with van der Waals surface area (Å²) in [7, 11) is 2.19. The molecule has 0 aliphatic carbocycles. The molecule has 0 saturated carbocycles. The van der Waals surface area contributed by atoms with E-state index >= 15 is 0 Å². The third kappa shape index (κ3) is 2.98. The average Bonchev–Trinajstić information content (AvgIpc) is 2.79. The fourth-order valence-electron chi connectivity index (χ4n) is 3.80. The molecule has 0 radical (unpaired) electrons. The van der Waals surface area contributed by atoms with Gasteiger partial charge in [0.25, 0.3) is 0 Å². The lowest BCUT2D eigenvalue weighted by Crippen LogP contribution is -2.30. The fourth-order valence-corrected chi connectivity index (χ4v) is 3.80. The monoisotopic (exact) mass is 316 g/mol. The Morgan fingerprint density at radius 1 is 1.13 bits per heavy atom. The van der Waals surface area contributed by atoms with Crippen LogP contribution in [0.15, 0.2) is 12.1 Å². The van der Waals surface area contributed by atoms with Crippen molar-refractivity contribution < 1.29 is 9.47 Å². The summed E-state index contributed by atoms with van der Waals surface area (Å²) in [6.07, 6.45) is 5.46. The highest BCUT2D eigenvalue weighted by Crippen LogP contribution is 2.43. The minimum atomic E-state index is 0. The van der Waals surface area contributed by atoms with Gasteiger partial charge in [-0.15, -0.1) is 0 Å². The van der Waals surface area contributed by atoms with Gasteiger partial charge in [0.2, 0.25) is 0 Å². The molecule has 3 aliphatic heterocycles. The van der Waals surface area contributed by atoms with E-state index in [1.165, 1.54) is 28.0 Å². The Balaban J connectivity index is 0.00000156. The number of anilines is 1. The standard InChI is InChI=1S/C18H24N2O2.CH4/c1-20-8-11-22-16-12-14-2-6-19-7-3-15(14)17(18(16)20)13-4-9-21-10-5-13;/h4,12,19H,2-3,5-11H2,1H3;1H4. The number of hydrogen-bond donors (Lipinski definition) is 1. The molecule has 0 amide bonds. The zero-order valence-electron chi connectivity index (χ0n) is 13.3. The molecule has 0 atom stereocenters. The van der Waals surface area contributed by atoms with Crippen molar-refractivity contribution in [2.24, 2.45) is 0 Å². The van der Waals surface area contributed by atoms with Gasteiger partial charge in [-0.2, -0.15) is 0 Å². The topological polar surface area (TPSA) is 33.7 Å². The lowest BCUT2D eigenvalue weighted by Gasteiger charge is -2.33. The van der Waals surface area contributed by atoms with Gasteiger partial charge in [0.05, 0.1) is 25.4 Å². The second kappa shape index (κ2) is 6.93. The summed E-state index contributed by atoms with van der Waals surface area (Å²) in [6.45, 7) is 5.42. The smallest absolute Gasteiger partial charge is 0.143 e. The van der Waals surface area contributed by atoms with Crippen molar-refractivity contribution in [1.29, 1.82) is 0 Å². The van der Waals surface area contributed by atoms with E-state index in [-0.39, 0.29) is 7.43 Å². The van der Waals surface area contributed by atoms with Crippen LogP contribution in [0.1, 0.15) is 30.5 Å². The van der Waals surface area contributed by atoms with Crippen LogP contribution < -0.4 is 15.0 Å². The summed E-state index contributed by atoms with van der Waals surface area (Å²) in [5.74, 6) is 1.07. The second-order valence-electron chi connectivity index (χ2n) is 6.31. The molecule has 0 unspecified atom stereocenters. The van der Waals surface area contributed by atoms with E-state index in [4.69, 9.17) is 9.47 Å². The molecule has 1 N–H and O–H groups in total. The molecule has 4 rings (SSSR count). The number of nitrogens with zero attached hydrogens (tertiary/aromatic N) is 1. The van der Waals surface area contributed by atoms with E-state index < -0.39 is 0 Å². The Hall–Kier alpha value is -1.52. The minimum Gasteiger partial charge on any atom is -0.490 e. The predicted octanol–water partition coefficient (Wildman–Crippen LogP) is 2.64. The maximum atomic E-state index is 6.01. The van der Waals surface area contributed by atoms with Gasteiger partial charge in [0, 0.05) is 12.6 Å². The molecule has 0 saturated heterocycles. The normalized spacial score (nSPS) is 20.4. The molecule has 0 aromatic heterocycles. The first-order valence-electron chi connectivity index (χ1n) is 8.35. The Labute approximate surface area is 139 Å². The van der Waals surface area contributed by atoms with E-state index in [2.05, 4.69) is 29.4 Å². The van der Waals surface area contributed by atoms with Gasteiger partial charge in [-0.25, -0.2) is 0 Å². The van der Waals surface area contributed by atoms with Crippen LogP contribution in [0.4, 0.5) is 5.69 Å². The zero-order chi connectivity index (χ0) is 14.9. The number of fused-ring (bicyclic) bond motifs is 2.